The van der Waals surface area contributed by atoms with E-state index in [1.54, 1.807) is 27.8 Å². The highest BCUT2D eigenvalue weighted by Gasteiger charge is 2.15. The van der Waals surface area contributed by atoms with Gasteiger partial charge in [-0.3, -0.25) is 0 Å². The van der Waals surface area contributed by atoms with Gasteiger partial charge in [-0.25, -0.2) is 4.68 Å². The number of hydrogen-bond acceptors (Lipinski definition) is 5. The SMILES string of the molecule is Cc1nnc(SCc2c(C)nn(-c3ccccc3)c2Cl)s1. The van der Waals surface area contributed by atoms with Crippen LogP contribution in [0.4, 0.5) is 0 Å². The van der Waals surface area contributed by atoms with E-state index < -0.39 is 0 Å². The Morgan fingerprint density at radius 1 is 1.19 bits per heavy atom. The van der Waals surface area contributed by atoms with Crippen LogP contribution in [0.25, 0.3) is 5.69 Å². The molecule has 0 unspecified atom stereocenters. The lowest BCUT2D eigenvalue weighted by Gasteiger charge is -2.02. The fourth-order valence-corrected chi connectivity index (χ4v) is 4.23. The summed E-state index contributed by atoms with van der Waals surface area (Å²) in [6.45, 7) is 3.93. The predicted octanol–water partition coefficient (Wildman–Crippen LogP) is 4.29. The van der Waals surface area contributed by atoms with Crippen molar-refractivity contribution in [3.05, 3.63) is 51.7 Å². The van der Waals surface area contributed by atoms with E-state index in [4.69, 9.17) is 11.6 Å². The van der Waals surface area contributed by atoms with Gasteiger partial charge < -0.3 is 0 Å². The van der Waals surface area contributed by atoms with Crippen molar-refractivity contribution < 1.29 is 0 Å². The molecule has 0 aliphatic carbocycles. The largest absolute Gasteiger partial charge is 0.222 e. The topological polar surface area (TPSA) is 43.6 Å². The van der Waals surface area contributed by atoms with E-state index in [9.17, 15) is 0 Å². The van der Waals surface area contributed by atoms with E-state index in [1.807, 2.05) is 44.2 Å². The summed E-state index contributed by atoms with van der Waals surface area (Å²) >= 11 is 9.72. The van der Waals surface area contributed by atoms with Crippen molar-refractivity contribution in [3.8, 4) is 5.69 Å². The summed E-state index contributed by atoms with van der Waals surface area (Å²) in [5.74, 6) is 0.742. The average molecular weight is 337 g/mol. The van der Waals surface area contributed by atoms with Crippen molar-refractivity contribution in [1.29, 1.82) is 0 Å². The van der Waals surface area contributed by atoms with Gasteiger partial charge in [0, 0.05) is 11.3 Å². The molecule has 0 aliphatic heterocycles. The van der Waals surface area contributed by atoms with Crippen LogP contribution >= 0.6 is 34.7 Å². The first-order chi connectivity index (χ1) is 10.1. The fraction of sp³-hybridized carbons (Fsp3) is 0.214. The van der Waals surface area contributed by atoms with Gasteiger partial charge in [-0.15, -0.1) is 10.2 Å². The van der Waals surface area contributed by atoms with E-state index in [0.717, 1.165) is 32.0 Å². The maximum Gasteiger partial charge on any atom is 0.174 e. The van der Waals surface area contributed by atoms with Crippen LogP contribution in [0.15, 0.2) is 34.7 Å². The Morgan fingerprint density at radius 2 is 1.95 bits per heavy atom. The lowest BCUT2D eigenvalue weighted by molar-refractivity contribution is 0.863. The van der Waals surface area contributed by atoms with Crippen LogP contribution in [-0.4, -0.2) is 20.0 Å². The van der Waals surface area contributed by atoms with Crippen LogP contribution in [0.2, 0.25) is 5.15 Å². The molecule has 0 aliphatic rings. The number of hydrogen-bond donors (Lipinski definition) is 0. The summed E-state index contributed by atoms with van der Waals surface area (Å²) in [7, 11) is 0. The Morgan fingerprint density at radius 3 is 2.62 bits per heavy atom. The van der Waals surface area contributed by atoms with Gasteiger partial charge >= 0.3 is 0 Å². The van der Waals surface area contributed by atoms with Crippen molar-refractivity contribution in [2.24, 2.45) is 0 Å². The van der Waals surface area contributed by atoms with Crippen molar-refractivity contribution in [2.45, 2.75) is 23.9 Å². The Hall–Kier alpha value is -1.37. The Balaban J connectivity index is 1.85. The van der Waals surface area contributed by atoms with E-state index in [-0.39, 0.29) is 0 Å². The highest BCUT2D eigenvalue weighted by molar-refractivity contribution is 8.00. The molecule has 1 aromatic carbocycles. The van der Waals surface area contributed by atoms with E-state index in [2.05, 4.69) is 15.3 Å². The molecule has 3 aromatic rings. The van der Waals surface area contributed by atoms with Crippen molar-refractivity contribution >= 4 is 34.7 Å². The van der Waals surface area contributed by atoms with Gasteiger partial charge in [0.05, 0.1) is 11.4 Å². The van der Waals surface area contributed by atoms with Gasteiger partial charge in [-0.2, -0.15) is 5.10 Å². The zero-order valence-electron chi connectivity index (χ0n) is 11.6. The maximum atomic E-state index is 6.49. The monoisotopic (exact) mass is 336 g/mol. The van der Waals surface area contributed by atoms with Crippen LogP contribution in [0.3, 0.4) is 0 Å². The number of aromatic nitrogens is 4. The third-order valence-electron chi connectivity index (χ3n) is 2.97. The molecule has 0 spiro atoms. The minimum absolute atomic E-state index is 0.660. The molecule has 0 amide bonds. The standard InChI is InChI=1S/C14H13ClN4S2/c1-9-12(8-20-14-17-16-10(2)21-14)13(15)19(18-9)11-6-4-3-5-7-11/h3-7H,8H2,1-2H3. The number of para-hydroxylation sites is 1. The molecular formula is C14H13ClN4S2. The maximum absolute atomic E-state index is 6.49. The molecular weight excluding hydrogens is 324 g/mol. The highest BCUT2D eigenvalue weighted by atomic mass is 35.5. The number of nitrogens with zero attached hydrogens (tertiary/aromatic N) is 4. The van der Waals surface area contributed by atoms with Gasteiger partial charge in [0.2, 0.25) is 0 Å². The first-order valence-electron chi connectivity index (χ1n) is 6.37. The highest BCUT2D eigenvalue weighted by Crippen LogP contribution is 2.31. The minimum Gasteiger partial charge on any atom is -0.222 e. The normalized spacial score (nSPS) is 11.0. The van der Waals surface area contributed by atoms with Gasteiger partial charge in [-0.1, -0.05) is 52.9 Å². The molecule has 0 saturated carbocycles. The Labute approximate surface area is 136 Å². The van der Waals surface area contributed by atoms with Crippen molar-refractivity contribution in [2.75, 3.05) is 0 Å². The molecule has 0 atom stereocenters. The molecule has 7 heteroatoms. The Kier molecular flexibility index (Phi) is 4.28. The van der Waals surface area contributed by atoms with Gasteiger partial charge in [0.1, 0.15) is 10.2 Å². The van der Waals surface area contributed by atoms with Crippen LogP contribution in [0, 0.1) is 13.8 Å². The molecule has 4 nitrogen and oxygen atoms in total. The molecule has 108 valence electrons. The van der Waals surface area contributed by atoms with Gasteiger partial charge in [0.15, 0.2) is 4.34 Å². The molecule has 0 N–H and O–H groups in total. The number of halogens is 1. The summed E-state index contributed by atoms with van der Waals surface area (Å²) < 4.78 is 2.73. The van der Waals surface area contributed by atoms with E-state index in [1.165, 1.54) is 0 Å². The molecule has 2 aromatic heterocycles. The van der Waals surface area contributed by atoms with Gasteiger partial charge in [-0.05, 0) is 26.0 Å². The quantitative estimate of drug-likeness (QED) is 0.667. The summed E-state index contributed by atoms with van der Waals surface area (Å²) in [5, 5.41) is 14.3. The van der Waals surface area contributed by atoms with Crippen LogP contribution < -0.4 is 0 Å². The van der Waals surface area contributed by atoms with Crippen molar-refractivity contribution in [3.63, 3.8) is 0 Å². The number of aryl methyl sites for hydroxylation is 2. The molecule has 2 heterocycles. The second-order valence-corrected chi connectivity index (χ2v) is 7.24. The van der Waals surface area contributed by atoms with Crippen LogP contribution in [0.5, 0.6) is 0 Å². The van der Waals surface area contributed by atoms with Crippen molar-refractivity contribution in [1.82, 2.24) is 20.0 Å². The molecule has 0 fully saturated rings. The lowest BCUT2D eigenvalue weighted by atomic mass is 10.3. The fourth-order valence-electron chi connectivity index (χ4n) is 1.91. The first-order valence-corrected chi connectivity index (χ1v) is 8.55. The molecule has 0 radical (unpaired) electrons. The zero-order chi connectivity index (χ0) is 14.8. The molecule has 21 heavy (non-hydrogen) atoms. The summed E-state index contributed by atoms with van der Waals surface area (Å²) in [5.41, 5.74) is 2.95. The van der Waals surface area contributed by atoms with Crippen LogP contribution in [0.1, 0.15) is 16.3 Å². The second kappa shape index (κ2) is 6.17. The third-order valence-corrected chi connectivity index (χ3v) is 5.36. The molecule has 0 saturated heterocycles. The predicted molar refractivity (Wildman–Crippen MR) is 87.5 cm³/mol. The van der Waals surface area contributed by atoms with Crippen LogP contribution in [-0.2, 0) is 5.75 Å². The second-order valence-electron chi connectivity index (χ2n) is 4.48. The zero-order valence-corrected chi connectivity index (χ0v) is 14.0. The minimum atomic E-state index is 0.660. The number of rotatable bonds is 4. The molecule has 3 rings (SSSR count). The lowest BCUT2D eigenvalue weighted by Crippen LogP contribution is -1.95. The summed E-state index contributed by atoms with van der Waals surface area (Å²) in [6.07, 6.45) is 0. The summed E-state index contributed by atoms with van der Waals surface area (Å²) in [4.78, 5) is 0. The Bertz CT molecular complexity index is 752. The third kappa shape index (κ3) is 3.12. The van der Waals surface area contributed by atoms with E-state index >= 15 is 0 Å². The number of benzene rings is 1. The smallest absolute Gasteiger partial charge is 0.174 e. The van der Waals surface area contributed by atoms with Gasteiger partial charge in [0.25, 0.3) is 0 Å². The average Bonchev–Trinajstić information content (AvgIpc) is 3.02. The number of thioether (sulfide) groups is 1. The molecule has 0 bridgehead atoms. The van der Waals surface area contributed by atoms with E-state index in [0.29, 0.717) is 5.15 Å². The first kappa shape index (κ1) is 14.6. The summed E-state index contributed by atoms with van der Waals surface area (Å²) in [6, 6.07) is 9.90.